The second-order valence-corrected chi connectivity index (χ2v) is 8.61. The molecular weight excluding hydrogens is 362 g/mol. The number of nitriles is 1. The Hall–Kier alpha value is -2.15. The third kappa shape index (κ3) is 5.42. The van der Waals surface area contributed by atoms with Crippen LogP contribution >= 0.6 is 11.3 Å². The summed E-state index contributed by atoms with van der Waals surface area (Å²) in [5.41, 5.74) is 0. The van der Waals surface area contributed by atoms with Crippen molar-refractivity contribution >= 4 is 27.3 Å². The van der Waals surface area contributed by atoms with E-state index < -0.39 is 10.0 Å². The molecule has 1 amide bonds. The summed E-state index contributed by atoms with van der Waals surface area (Å²) in [6, 6.07) is 8.66. The second-order valence-electron chi connectivity index (χ2n) is 5.28. The summed E-state index contributed by atoms with van der Waals surface area (Å²) in [4.78, 5) is 11.8. The van der Waals surface area contributed by atoms with Gasteiger partial charge in [-0.05, 0) is 30.7 Å². The van der Waals surface area contributed by atoms with Gasteiger partial charge in [0.15, 0.2) is 0 Å². The van der Waals surface area contributed by atoms with E-state index in [1.807, 2.05) is 6.07 Å². The summed E-state index contributed by atoms with van der Waals surface area (Å²) in [7, 11) is -3.72. The second kappa shape index (κ2) is 8.80. The predicted octanol–water partition coefficient (Wildman–Crippen LogP) is 2.12. The van der Waals surface area contributed by atoms with Gasteiger partial charge in [0.2, 0.25) is 5.91 Å². The van der Waals surface area contributed by atoms with Gasteiger partial charge in [-0.3, -0.25) is 4.79 Å². The fraction of sp³-hybridized carbons (Fsp3) is 0.375. The van der Waals surface area contributed by atoms with Gasteiger partial charge < -0.3 is 9.73 Å². The maximum Gasteiger partial charge on any atom is 0.253 e. The lowest BCUT2D eigenvalue weighted by atomic mass is 10.3. The van der Waals surface area contributed by atoms with Gasteiger partial charge in [0.25, 0.3) is 10.0 Å². The van der Waals surface area contributed by atoms with E-state index in [0.29, 0.717) is 18.7 Å². The highest BCUT2D eigenvalue weighted by Gasteiger charge is 2.26. The number of hydrogen-bond acceptors (Lipinski definition) is 6. The SMILES string of the molecule is CC(=O)NCCc1ccc(S(=O)(=O)N(CCC#N)Cc2ccco2)s1. The number of amides is 1. The molecule has 0 unspecified atom stereocenters. The molecule has 0 aliphatic heterocycles. The Bertz CT molecular complexity index is 835. The van der Waals surface area contributed by atoms with Crippen LogP contribution in [0.15, 0.2) is 39.2 Å². The van der Waals surface area contributed by atoms with Crippen molar-refractivity contribution in [2.45, 2.75) is 30.5 Å². The molecule has 0 atom stereocenters. The average molecular weight is 381 g/mol. The Balaban J connectivity index is 2.14. The first-order valence-electron chi connectivity index (χ1n) is 7.66. The van der Waals surface area contributed by atoms with Gasteiger partial charge in [-0.15, -0.1) is 11.3 Å². The molecule has 1 N–H and O–H groups in total. The fourth-order valence-electron chi connectivity index (χ4n) is 2.16. The van der Waals surface area contributed by atoms with E-state index in [9.17, 15) is 13.2 Å². The number of rotatable bonds is 9. The molecule has 0 aromatic carbocycles. The van der Waals surface area contributed by atoms with Crippen LogP contribution in [0.5, 0.6) is 0 Å². The Morgan fingerprint density at radius 3 is 2.84 bits per heavy atom. The van der Waals surface area contributed by atoms with Crippen LogP contribution in [0, 0.1) is 11.3 Å². The molecule has 0 spiro atoms. The van der Waals surface area contributed by atoms with Crippen molar-refractivity contribution in [2.75, 3.05) is 13.1 Å². The molecule has 0 aliphatic rings. The third-order valence-electron chi connectivity index (χ3n) is 3.36. The maximum absolute atomic E-state index is 12.9. The largest absolute Gasteiger partial charge is 0.468 e. The number of thiophene rings is 1. The first kappa shape index (κ1) is 19.2. The molecule has 0 aliphatic carbocycles. The molecule has 2 aromatic rings. The smallest absolute Gasteiger partial charge is 0.253 e. The van der Waals surface area contributed by atoms with Crippen LogP contribution in [0.1, 0.15) is 24.0 Å². The number of hydrogen-bond donors (Lipinski definition) is 1. The monoisotopic (exact) mass is 381 g/mol. The van der Waals surface area contributed by atoms with E-state index in [1.54, 1.807) is 24.3 Å². The molecule has 7 nitrogen and oxygen atoms in total. The highest BCUT2D eigenvalue weighted by molar-refractivity contribution is 7.91. The zero-order valence-electron chi connectivity index (χ0n) is 13.8. The van der Waals surface area contributed by atoms with Crippen LogP contribution in [0.4, 0.5) is 0 Å². The molecule has 134 valence electrons. The highest BCUT2D eigenvalue weighted by Crippen LogP contribution is 2.26. The Kier molecular flexibility index (Phi) is 6.75. The minimum absolute atomic E-state index is 0.0795. The predicted molar refractivity (Wildman–Crippen MR) is 93.2 cm³/mol. The summed E-state index contributed by atoms with van der Waals surface area (Å²) in [5, 5.41) is 11.5. The summed E-state index contributed by atoms with van der Waals surface area (Å²) < 4.78 is 32.4. The molecule has 0 bridgehead atoms. The molecule has 25 heavy (non-hydrogen) atoms. The van der Waals surface area contributed by atoms with Gasteiger partial charge in [0.05, 0.1) is 18.9 Å². The lowest BCUT2D eigenvalue weighted by Gasteiger charge is -2.19. The van der Waals surface area contributed by atoms with Crippen molar-refractivity contribution in [3.8, 4) is 6.07 Å². The summed E-state index contributed by atoms with van der Waals surface area (Å²) in [6.45, 7) is 2.07. The first-order chi connectivity index (χ1) is 11.9. The molecule has 2 heterocycles. The number of nitrogens with zero attached hydrogens (tertiary/aromatic N) is 2. The third-order valence-corrected chi connectivity index (χ3v) is 6.82. The van der Waals surface area contributed by atoms with Gasteiger partial charge in [0.1, 0.15) is 9.97 Å². The van der Waals surface area contributed by atoms with E-state index in [1.165, 1.54) is 28.8 Å². The fourth-order valence-corrected chi connectivity index (χ4v) is 5.07. The van der Waals surface area contributed by atoms with Gasteiger partial charge in [-0.25, -0.2) is 8.42 Å². The van der Waals surface area contributed by atoms with Gasteiger partial charge in [-0.1, -0.05) is 0 Å². The lowest BCUT2D eigenvalue weighted by Crippen LogP contribution is -2.30. The zero-order chi connectivity index (χ0) is 18.3. The van der Waals surface area contributed by atoms with Gasteiger partial charge in [-0.2, -0.15) is 9.57 Å². The topological polar surface area (TPSA) is 103 Å². The number of furan rings is 1. The number of carbonyl (C=O) groups excluding carboxylic acids is 1. The quantitative estimate of drug-likeness (QED) is 0.716. The zero-order valence-corrected chi connectivity index (χ0v) is 15.4. The molecule has 2 aromatic heterocycles. The van der Waals surface area contributed by atoms with Crippen molar-refractivity contribution in [3.05, 3.63) is 41.2 Å². The molecule has 0 radical (unpaired) electrons. The summed E-state index contributed by atoms with van der Waals surface area (Å²) in [6.07, 6.45) is 2.15. The van der Waals surface area contributed by atoms with Crippen LogP contribution in [-0.2, 0) is 27.8 Å². The van der Waals surface area contributed by atoms with Crippen LogP contribution in [-0.4, -0.2) is 31.7 Å². The average Bonchev–Trinajstić information content (AvgIpc) is 3.22. The van der Waals surface area contributed by atoms with Gasteiger partial charge >= 0.3 is 0 Å². The van der Waals surface area contributed by atoms with E-state index >= 15 is 0 Å². The van der Waals surface area contributed by atoms with Crippen molar-refractivity contribution in [2.24, 2.45) is 0 Å². The van der Waals surface area contributed by atoms with E-state index in [2.05, 4.69) is 5.32 Å². The maximum atomic E-state index is 12.9. The van der Waals surface area contributed by atoms with E-state index in [-0.39, 0.29) is 29.6 Å². The first-order valence-corrected chi connectivity index (χ1v) is 9.92. The van der Waals surface area contributed by atoms with Crippen LogP contribution < -0.4 is 5.32 Å². The molecule has 0 saturated heterocycles. The van der Waals surface area contributed by atoms with Crippen LogP contribution in [0.25, 0.3) is 0 Å². The number of carbonyl (C=O) groups is 1. The summed E-state index contributed by atoms with van der Waals surface area (Å²) >= 11 is 1.17. The van der Waals surface area contributed by atoms with E-state index in [0.717, 1.165) is 4.88 Å². The molecular formula is C16H19N3O4S2. The Morgan fingerprint density at radius 1 is 1.40 bits per heavy atom. The van der Waals surface area contributed by atoms with E-state index in [4.69, 9.17) is 9.68 Å². The lowest BCUT2D eigenvalue weighted by molar-refractivity contribution is -0.118. The molecule has 2 rings (SSSR count). The minimum atomic E-state index is -3.72. The van der Waals surface area contributed by atoms with Gasteiger partial charge in [0, 0.05) is 31.3 Å². The van der Waals surface area contributed by atoms with Crippen LogP contribution in [0.3, 0.4) is 0 Å². The molecule has 0 fully saturated rings. The van der Waals surface area contributed by atoms with Crippen molar-refractivity contribution in [1.82, 2.24) is 9.62 Å². The number of sulfonamides is 1. The Labute approximate surface area is 150 Å². The highest BCUT2D eigenvalue weighted by atomic mass is 32.2. The van der Waals surface area contributed by atoms with Crippen molar-refractivity contribution in [3.63, 3.8) is 0 Å². The standard InChI is InChI=1S/C16H19N3O4S2/c1-13(20)18-9-7-15-5-6-16(24-15)25(21,22)19(10-3-8-17)12-14-4-2-11-23-14/h2,4-6,11H,3,7,9-10,12H2,1H3,(H,18,20). The Morgan fingerprint density at radius 2 is 2.20 bits per heavy atom. The van der Waals surface area contributed by atoms with Crippen molar-refractivity contribution < 1.29 is 17.6 Å². The normalized spacial score (nSPS) is 11.4. The van der Waals surface area contributed by atoms with Crippen LogP contribution in [0.2, 0.25) is 0 Å². The number of nitrogens with one attached hydrogen (secondary N) is 1. The molecule has 0 saturated carbocycles. The summed E-state index contributed by atoms with van der Waals surface area (Å²) in [5.74, 6) is 0.398. The molecule has 9 heteroatoms. The van der Waals surface area contributed by atoms with Crippen molar-refractivity contribution in [1.29, 1.82) is 5.26 Å². The minimum Gasteiger partial charge on any atom is -0.468 e.